The van der Waals surface area contributed by atoms with Gasteiger partial charge in [-0.05, 0) is 26.0 Å². The number of thioether (sulfide) groups is 1. The number of carboxylic acid groups (broad SMARTS) is 1. The topological polar surface area (TPSA) is 119 Å². The molecule has 1 aromatic rings. The molecular formula is C17H19N2NaO6S. The van der Waals surface area contributed by atoms with Crippen LogP contribution in [0.25, 0.3) is 0 Å². The Kier molecular flexibility index (Phi) is 6.53. The van der Waals surface area contributed by atoms with Crippen molar-refractivity contribution in [3.05, 3.63) is 30.3 Å². The van der Waals surface area contributed by atoms with Gasteiger partial charge in [0, 0.05) is 4.75 Å². The third kappa shape index (κ3) is 3.71. The van der Waals surface area contributed by atoms with E-state index in [1.54, 1.807) is 38.1 Å². The summed E-state index contributed by atoms with van der Waals surface area (Å²) in [6, 6.07) is 7.57. The summed E-state index contributed by atoms with van der Waals surface area (Å²) >= 11 is 1.21. The maximum atomic E-state index is 12.6. The quantitative estimate of drug-likeness (QED) is 0.365. The molecule has 10 heteroatoms. The molecule has 2 aliphatic heterocycles. The minimum atomic E-state index is -1.55. The molecule has 2 aliphatic rings. The van der Waals surface area contributed by atoms with Crippen molar-refractivity contribution in [3.8, 4) is 5.75 Å². The second-order valence-corrected chi connectivity index (χ2v) is 8.52. The van der Waals surface area contributed by atoms with Gasteiger partial charge in [0.25, 0.3) is 11.8 Å². The number of nitrogens with zero attached hydrogens (tertiary/aromatic N) is 1. The summed E-state index contributed by atoms with van der Waals surface area (Å²) in [4.78, 5) is 37.5. The van der Waals surface area contributed by atoms with Crippen LogP contribution in [0.15, 0.2) is 30.3 Å². The number of carboxylic acids is 1. The van der Waals surface area contributed by atoms with Crippen molar-refractivity contribution in [2.45, 2.75) is 35.5 Å². The molecule has 0 spiro atoms. The van der Waals surface area contributed by atoms with Crippen LogP contribution >= 0.6 is 11.8 Å². The number of β-lactam (4-membered cyclic amide) rings is 1. The Labute approximate surface area is 182 Å². The van der Waals surface area contributed by atoms with Gasteiger partial charge in [-0.15, -0.1) is 11.8 Å². The van der Waals surface area contributed by atoms with Crippen LogP contribution in [0.3, 0.4) is 0 Å². The number of nitrogens with one attached hydrogen (secondary N) is 1. The Balaban J connectivity index is 0.00000261. The second kappa shape index (κ2) is 8.00. The van der Waals surface area contributed by atoms with Crippen LogP contribution in [0.5, 0.6) is 5.75 Å². The predicted octanol–water partition coefficient (Wildman–Crippen LogP) is -4.27. The fraction of sp³-hybridized carbons (Fsp3) is 0.471. The molecule has 0 saturated carbocycles. The molecule has 0 aliphatic carbocycles. The van der Waals surface area contributed by atoms with Crippen molar-refractivity contribution < 1.29 is 58.9 Å². The average molecular weight is 402 g/mol. The molecule has 3 rings (SSSR count). The summed E-state index contributed by atoms with van der Waals surface area (Å²) in [5, 5.41) is 23.1. The number of ether oxygens (including phenoxy) is 1. The van der Waals surface area contributed by atoms with Crippen molar-refractivity contribution in [2.75, 3.05) is 13.2 Å². The van der Waals surface area contributed by atoms with Crippen LogP contribution in [-0.4, -0.2) is 62.7 Å². The van der Waals surface area contributed by atoms with Crippen molar-refractivity contribution in [3.63, 3.8) is 0 Å². The van der Waals surface area contributed by atoms with Gasteiger partial charge in [-0.1, -0.05) is 18.2 Å². The summed E-state index contributed by atoms with van der Waals surface area (Å²) in [6.45, 7) is 2.41. The smallest absolute Gasteiger partial charge is 0.548 e. The number of hydrogen-bond acceptors (Lipinski definition) is 7. The standard InChI is InChI=1S/C17H20N2O6S.Na/c1-16(2)12(13(22)23)19-14(24)17(9-20,15(19)26-16)18-11(21)8-25-10-6-4-3-5-7-10;/h3-7,12,15,20H,8-9H2,1-2H3,(H,18,21)(H,22,23);/q;+1/p-1/t12-,15+,17+;/m0./s1. The molecule has 1 aromatic carbocycles. The minimum Gasteiger partial charge on any atom is -0.548 e. The summed E-state index contributed by atoms with van der Waals surface area (Å²) in [6.07, 6.45) is 0. The van der Waals surface area contributed by atoms with Crippen molar-refractivity contribution >= 4 is 29.5 Å². The number of rotatable bonds is 6. The van der Waals surface area contributed by atoms with Gasteiger partial charge in [0.1, 0.15) is 11.1 Å². The monoisotopic (exact) mass is 402 g/mol. The van der Waals surface area contributed by atoms with Gasteiger partial charge in [0.2, 0.25) is 0 Å². The van der Waals surface area contributed by atoms with E-state index in [0.717, 1.165) is 4.90 Å². The van der Waals surface area contributed by atoms with Gasteiger partial charge in [0.05, 0.1) is 18.6 Å². The third-order valence-electron chi connectivity index (χ3n) is 4.59. The summed E-state index contributed by atoms with van der Waals surface area (Å²) in [5.41, 5.74) is -1.55. The van der Waals surface area contributed by atoms with E-state index in [1.807, 2.05) is 6.07 Å². The Morgan fingerprint density at radius 3 is 2.52 bits per heavy atom. The molecule has 2 amide bonds. The van der Waals surface area contributed by atoms with Crippen LogP contribution in [0.1, 0.15) is 13.8 Å². The van der Waals surface area contributed by atoms with Gasteiger partial charge < -0.3 is 30.0 Å². The molecule has 2 heterocycles. The second-order valence-electron chi connectivity index (χ2n) is 6.79. The first-order chi connectivity index (χ1) is 12.2. The summed E-state index contributed by atoms with van der Waals surface area (Å²) < 4.78 is 4.54. The first kappa shape index (κ1) is 22.0. The molecule has 0 radical (unpaired) electrons. The number of para-hydroxylation sites is 1. The molecule has 2 saturated heterocycles. The van der Waals surface area contributed by atoms with Crippen LogP contribution in [0.2, 0.25) is 0 Å². The van der Waals surface area contributed by atoms with Crippen molar-refractivity contribution in [2.24, 2.45) is 0 Å². The molecule has 8 nitrogen and oxygen atoms in total. The number of aliphatic hydroxyl groups excluding tert-OH is 1. The van der Waals surface area contributed by atoms with Gasteiger partial charge >= 0.3 is 29.6 Å². The van der Waals surface area contributed by atoms with E-state index in [-0.39, 0.29) is 36.2 Å². The van der Waals surface area contributed by atoms with Crippen molar-refractivity contribution in [1.29, 1.82) is 0 Å². The average Bonchev–Trinajstić information content (AvgIpc) is 2.88. The van der Waals surface area contributed by atoms with E-state index in [1.165, 1.54) is 11.8 Å². The van der Waals surface area contributed by atoms with E-state index in [4.69, 9.17) is 4.74 Å². The number of carbonyl (C=O) groups is 3. The van der Waals surface area contributed by atoms with Gasteiger partial charge in [0.15, 0.2) is 12.1 Å². The maximum Gasteiger partial charge on any atom is 1.00 e. The van der Waals surface area contributed by atoms with E-state index >= 15 is 0 Å². The van der Waals surface area contributed by atoms with E-state index in [0.29, 0.717) is 5.75 Å². The Morgan fingerprint density at radius 1 is 1.33 bits per heavy atom. The zero-order valence-corrected chi connectivity index (χ0v) is 18.1. The first-order valence-corrected chi connectivity index (χ1v) is 8.92. The molecule has 2 N–H and O–H groups in total. The van der Waals surface area contributed by atoms with Crippen LogP contribution in [-0.2, 0) is 14.4 Å². The fourth-order valence-electron chi connectivity index (χ4n) is 3.36. The Morgan fingerprint density at radius 2 is 1.96 bits per heavy atom. The number of benzene rings is 1. The number of hydrogen-bond donors (Lipinski definition) is 2. The van der Waals surface area contributed by atoms with E-state index < -0.39 is 46.1 Å². The van der Waals surface area contributed by atoms with Crippen molar-refractivity contribution in [1.82, 2.24) is 10.2 Å². The number of fused-ring (bicyclic) bond motifs is 1. The molecular weight excluding hydrogens is 383 g/mol. The molecule has 140 valence electrons. The third-order valence-corrected chi connectivity index (χ3v) is 6.27. The fourth-order valence-corrected chi connectivity index (χ4v) is 5.04. The number of aliphatic carboxylic acids is 1. The molecule has 0 unspecified atom stereocenters. The van der Waals surface area contributed by atoms with Gasteiger partial charge in [-0.25, -0.2) is 0 Å². The minimum absolute atomic E-state index is 0. The predicted molar refractivity (Wildman–Crippen MR) is 91.0 cm³/mol. The van der Waals surface area contributed by atoms with Gasteiger partial charge in [-0.2, -0.15) is 0 Å². The zero-order valence-electron chi connectivity index (χ0n) is 15.3. The normalized spacial score (nSPS) is 27.8. The molecule has 3 atom stereocenters. The van der Waals surface area contributed by atoms with E-state index in [2.05, 4.69) is 5.32 Å². The first-order valence-electron chi connectivity index (χ1n) is 8.04. The van der Waals surface area contributed by atoms with Crippen LogP contribution in [0, 0.1) is 0 Å². The number of aliphatic hydroxyl groups is 1. The summed E-state index contributed by atoms with van der Waals surface area (Å²) in [5.74, 6) is -2.07. The SMILES string of the molecule is CC1(C)S[C@H]2N(C(=O)[C@@]2(CO)NC(=O)COc2ccccc2)[C@H]1C(=O)[O-].[Na+]. The Hall–Kier alpha value is -1.26. The van der Waals surface area contributed by atoms with Gasteiger partial charge in [-0.3, -0.25) is 9.59 Å². The zero-order chi connectivity index (χ0) is 19.1. The Bertz CT molecular complexity index is 746. The molecule has 2 fully saturated rings. The van der Waals surface area contributed by atoms with Crippen LogP contribution < -0.4 is 44.7 Å². The van der Waals surface area contributed by atoms with Crippen LogP contribution in [0.4, 0.5) is 0 Å². The molecule has 0 bridgehead atoms. The maximum absolute atomic E-state index is 12.6. The van der Waals surface area contributed by atoms with E-state index in [9.17, 15) is 24.6 Å². The molecule has 0 aromatic heterocycles. The summed E-state index contributed by atoms with van der Waals surface area (Å²) in [7, 11) is 0. The largest absolute Gasteiger partial charge is 1.00 e. The molecule has 27 heavy (non-hydrogen) atoms. The number of carbonyl (C=O) groups excluding carboxylic acids is 3. The number of amides is 2.